The van der Waals surface area contributed by atoms with Gasteiger partial charge in [0.15, 0.2) is 0 Å². The van der Waals surface area contributed by atoms with Crippen molar-refractivity contribution in [2.45, 2.75) is 57.6 Å². The number of rotatable bonds is 5. The van der Waals surface area contributed by atoms with Crippen LogP contribution in [0.4, 0.5) is 0 Å². The molecule has 18 heavy (non-hydrogen) atoms. The lowest BCUT2D eigenvalue weighted by molar-refractivity contribution is -0.135. The van der Waals surface area contributed by atoms with Crippen LogP contribution in [-0.4, -0.2) is 49.2 Å². The first-order valence-corrected chi connectivity index (χ1v) is 7.45. The molecule has 2 aliphatic heterocycles. The van der Waals surface area contributed by atoms with Gasteiger partial charge in [-0.25, -0.2) is 0 Å². The van der Waals surface area contributed by atoms with Crippen molar-refractivity contribution >= 4 is 5.91 Å². The van der Waals surface area contributed by atoms with Crippen molar-refractivity contribution in [3.8, 4) is 0 Å². The van der Waals surface area contributed by atoms with E-state index >= 15 is 0 Å². The predicted molar refractivity (Wildman–Crippen MR) is 71.5 cm³/mol. The average molecular weight is 254 g/mol. The second-order valence-corrected chi connectivity index (χ2v) is 5.42. The van der Waals surface area contributed by atoms with Gasteiger partial charge in [-0.05, 0) is 45.1 Å². The van der Waals surface area contributed by atoms with Crippen LogP contribution >= 0.6 is 0 Å². The molecule has 0 aromatic rings. The second-order valence-electron chi connectivity index (χ2n) is 5.42. The largest absolute Gasteiger partial charge is 0.376 e. The Morgan fingerprint density at radius 3 is 2.83 bits per heavy atom. The maximum absolute atomic E-state index is 12.4. The van der Waals surface area contributed by atoms with Crippen molar-refractivity contribution in [2.75, 3.05) is 26.2 Å². The summed E-state index contributed by atoms with van der Waals surface area (Å²) >= 11 is 0. The third kappa shape index (κ3) is 3.69. The number of carbonyl (C=O) groups is 1. The molecule has 2 heterocycles. The number of amides is 1. The van der Waals surface area contributed by atoms with Crippen LogP contribution in [0, 0.1) is 0 Å². The summed E-state index contributed by atoms with van der Waals surface area (Å²) in [6.07, 6.45) is 6.90. The third-order valence-electron chi connectivity index (χ3n) is 3.86. The highest BCUT2D eigenvalue weighted by atomic mass is 16.5. The zero-order chi connectivity index (χ0) is 12.8. The summed E-state index contributed by atoms with van der Waals surface area (Å²) in [6, 6.07) is 0.0557. The molecule has 2 unspecified atom stereocenters. The summed E-state index contributed by atoms with van der Waals surface area (Å²) < 4.78 is 5.75. The van der Waals surface area contributed by atoms with Crippen molar-refractivity contribution in [3.63, 3.8) is 0 Å². The van der Waals surface area contributed by atoms with E-state index in [0.29, 0.717) is 0 Å². The minimum atomic E-state index is 0.0557. The molecule has 0 aromatic carbocycles. The smallest absolute Gasteiger partial charge is 0.239 e. The summed E-state index contributed by atoms with van der Waals surface area (Å²) in [5.41, 5.74) is 0. The highest BCUT2D eigenvalue weighted by Crippen LogP contribution is 2.16. The molecule has 0 saturated carbocycles. The number of nitrogens with one attached hydrogen (secondary N) is 1. The Morgan fingerprint density at radius 2 is 2.22 bits per heavy atom. The first kappa shape index (κ1) is 13.8. The maximum Gasteiger partial charge on any atom is 0.239 e. The zero-order valence-corrected chi connectivity index (χ0v) is 11.5. The van der Waals surface area contributed by atoms with Crippen molar-refractivity contribution in [1.82, 2.24) is 10.2 Å². The van der Waals surface area contributed by atoms with E-state index in [4.69, 9.17) is 4.74 Å². The molecule has 2 atom stereocenters. The molecule has 1 amide bonds. The van der Waals surface area contributed by atoms with Gasteiger partial charge < -0.3 is 15.0 Å². The Labute approximate surface area is 110 Å². The minimum Gasteiger partial charge on any atom is -0.376 e. The SMILES string of the molecule is CCCN(CC1CCCCO1)C(=O)C1CCCN1. The molecule has 0 spiro atoms. The zero-order valence-electron chi connectivity index (χ0n) is 11.5. The lowest BCUT2D eigenvalue weighted by Gasteiger charge is -2.31. The van der Waals surface area contributed by atoms with Crippen LogP contribution in [0.2, 0.25) is 0 Å². The number of carbonyl (C=O) groups excluding carboxylic acids is 1. The number of ether oxygens (including phenoxy) is 1. The fourth-order valence-electron chi connectivity index (χ4n) is 2.87. The molecule has 104 valence electrons. The van der Waals surface area contributed by atoms with Crippen LogP contribution in [0.1, 0.15) is 45.4 Å². The summed E-state index contributed by atoms with van der Waals surface area (Å²) in [5.74, 6) is 0.281. The maximum atomic E-state index is 12.4. The van der Waals surface area contributed by atoms with Gasteiger partial charge in [-0.3, -0.25) is 4.79 Å². The molecule has 0 aliphatic carbocycles. The Balaban J connectivity index is 1.87. The van der Waals surface area contributed by atoms with E-state index in [-0.39, 0.29) is 18.1 Å². The minimum absolute atomic E-state index is 0.0557. The number of nitrogens with zero attached hydrogens (tertiary/aromatic N) is 1. The highest BCUT2D eigenvalue weighted by molar-refractivity contribution is 5.82. The van der Waals surface area contributed by atoms with E-state index in [2.05, 4.69) is 12.2 Å². The first-order valence-electron chi connectivity index (χ1n) is 7.45. The molecule has 0 aromatic heterocycles. The summed E-state index contributed by atoms with van der Waals surface area (Å²) in [6.45, 7) is 5.61. The van der Waals surface area contributed by atoms with Crippen LogP contribution in [0.3, 0.4) is 0 Å². The van der Waals surface area contributed by atoms with Gasteiger partial charge in [0.25, 0.3) is 0 Å². The Morgan fingerprint density at radius 1 is 1.33 bits per heavy atom. The predicted octanol–water partition coefficient (Wildman–Crippen LogP) is 1.55. The van der Waals surface area contributed by atoms with Crippen molar-refractivity contribution in [2.24, 2.45) is 0 Å². The summed E-state index contributed by atoms with van der Waals surface area (Å²) in [7, 11) is 0. The van der Waals surface area contributed by atoms with Gasteiger partial charge in [-0.15, -0.1) is 0 Å². The quantitative estimate of drug-likeness (QED) is 0.809. The van der Waals surface area contributed by atoms with Crippen LogP contribution in [0.5, 0.6) is 0 Å². The molecular formula is C14H26N2O2. The van der Waals surface area contributed by atoms with Gasteiger partial charge >= 0.3 is 0 Å². The van der Waals surface area contributed by atoms with Crippen LogP contribution in [0.25, 0.3) is 0 Å². The summed E-state index contributed by atoms with van der Waals surface area (Å²) in [4.78, 5) is 14.4. The van der Waals surface area contributed by atoms with Gasteiger partial charge in [0, 0.05) is 19.7 Å². The van der Waals surface area contributed by atoms with E-state index in [0.717, 1.165) is 51.9 Å². The van der Waals surface area contributed by atoms with Gasteiger partial charge in [-0.1, -0.05) is 6.92 Å². The van der Waals surface area contributed by atoms with E-state index in [1.54, 1.807) is 0 Å². The molecule has 4 nitrogen and oxygen atoms in total. The van der Waals surface area contributed by atoms with E-state index < -0.39 is 0 Å². The first-order chi connectivity index (χ1) is 8.81. The molecule has 0 bridgehead atoms. The molecule has 2 saturated heterocycles. The van der Waals surface area contributed by atoms with E-state index in [9.17, 15) is 4.79 Å². The second kappa shape index (κ2) is 7.10. The van der Waals surface area contributed by atoms with Crippen molar-refractivity contribution in [3.05, 3.63) is 0 Å². The highest BCUT2D eigenvalue weighted by Gasteiger charge is 2.28. The lowest BCUT2D eigenvalue weighted by atomic mass is 10.1. The third-order valence-corrected chi connectivity index (χ3v) is 3.86. The van der Waals surface area contributed by atoms with Gasteiger partial charge in [-0.2, -0.15) is 0 Å². The van der Waals surface area contributed by atoms with Crippen LogP contribution < -0.4 is 5.32 Å². The van der Waals surface area contributed by atoms with Gasteiger partial charge in [0.1, 0.15) is 0 Å². The molecule has 2 rings (SSSR count). The van der Waals surface area contributed by atoms with Crippen LogP contribution in [-0.2, 0) is 9.53 Å². The molecule has 0 radical (unpaired) electrons. The standard InChI is InChI=1S/C14H26N2O2/c1-2-9-16(11-12-6-3-4-10-18-12)14(17)13-7-5-8-15-13/h12-13,15H,2-11H2,1H3. The Hall–Kier alpha value is -0.610. The molecule has 2 fully saturated rings. The normalized spacial score (nSPS) is 28.3. The van der Waals surface area contributed by atoms with Gasteiger partial charge in [0.2, 0.25) is 5.91 Å². The molecule has 4 heteroatoms. The van der Waals surface area contributed by atoms with Crippen LogP contribution in [0.15, 0.2) is 0 Å². The molecule has 1 N–H and O–H groups in total. The fourth-order valence-corrected chi connectivity index (χ4v) is 2.87. The lowest BCUT2D eigenvalue weighted by Crippen LogP contribution is -2.47. The van der Waals surface area contributed by atoms with E-state index in [1.807, 2.05) is 4.90 Å². The van der Waals surface area contributed by atoms with Gasteiger partial charge in [0.05, 0.1) is 12.1 Å². The molecule has 2 aliphatic rings. The summed E-state index contributed by atoms with van der Waals surface area (Å²) in [5, 5.41) is 3.30. The Kier molecular flexibility index (Phi) is 5.45. The van der Waals surface area contributed by atoms with E-state index in [1.165, 1.54) is 12.8 Å². The monoisotopic (exact) mass is 254 g/mol. The number of hydrogen-bond donors (Lipinski definition) is 1. The fraction of sp³-hybridized carbons (Fsp3) is 0.929. The van der Waals surface area contributed by atoms with Crippen molar-refractivity contribution < 1.29 is 9.53 Å². The molecular weight excluding hydrogens is 228 g/mol. The average Bonchev–Trinajstić information content (AvgIpc) is 2.92. The Bertz CT molecular complexity index is 259. The number of hydrogen-bond acceptors (Lipinski definition) is 3. The topological polar surface area (TPSA) is 41.6 Å². The van der Waals surface area contributed by atoms with Crippen molar-refractivity contribution in [1.29, 1.82) is 0 Å².